The minimum atomic E-state index is -3.63. The van der Waals surface area contributed by atoms with Crippen molar-refractivity contribution in [2.75, 3.05) is 19.8 Å². The fourth-order valence-electron chi connectivity index (χ4n) is 1.19. The van der Waals surface area contributed by atoms with Crippen molar-refractivity contribution >= 4 is 16.0 Å². The van der Waals surface area contributed by atoms with E-state index >= 15 is 0 Å². The quantitative estimate of drug-likeness (QED) is 0.551. The van der Waals surface area contributed by atoms with Crippen molar-refractivity contribution in [3.63, 3.8) is 0 Å². The number of carboxylic acid groups (broad SMARTS) is 1. The van der Waals surface area contributed by atoms with Gasteiger partial charge in [0.05, 0.1) is 6.61 Å². The van der Waals surface area contributed by atoms with E-state index in [0.29, 0.717) is 13.0 Å². The van der Waals surface area contributed by atoms with Crippen molar-refractivity contribution in [2.45, 2.75) is 24.2 Å². The highest BCUT2D eigenvalue weighted by atomic mass is 32.2. The topological polar surface area (TPSA) is 113 Å². The summed E-state index contributed by atoms with van der Waals surface area (Å²) in [5, 5.41) is 17.3. The smallest absolute Gasteiger partial charge is 0.336 e. The number of carboxylic acids is 1. The van der Waals surface area contributed by atoms with Crippen LogP contribution in [0.4, 0.5) is 0 Å². The van der Waals surface area contributed by atoms with Gasteiger partial charge in [0.2, 0.25) is 10.0 Å². The molecule has 3 N–H and O–H groups in total. The molecule has 0 saturated carbocycles. The van der Waals surface area contributed by atoms with E-state index in [2.05, 4.69) is 4.72 Å². The molecule has 94 valence electrons. The molecule has 0 aromatic rings. The van der Waals surface area contributed by atoms with Gasteiger partial charge in [0.25, 0.3) is 0 Å². The van der Waals surface area contributed by atoms with Crippen LogP contribution in [0.15, 0.2) is 0 Å². The van der Waals surface area contributed by atoms with Crippen LogP contribution >= 0.6 is 0 Å². The van der Waals surface area contributed by atoms with Crippen molar-refractivity contribution in [2.24, 2.45) is 0 Å². The summed E-state index contributed by atoms with van der Waals surface area (Å²) in [4.78, 5) is 10.5. The van der Waals surface area contributed by atoms with Crippen LogP contribution in [0.1, 0.15) is 13.3 Å². The Kier molecular flexibility index (Phi) is 3.89. The van der Waals surface area contributed by atoms with Gasteiger partial charge < -0.3 is 14.9 Å². The Morgan fingerprint density at radius 1 is 1.62 bits per heavy atom. The molecule has 0 radical (unpaired) electrons. The van der Waals surface area contributed by atoms with Gasteiger partial charge >= 0.3 is 5.97 Å². The molecule has 8 heteroatoms. The summed E-state index contributed by atoms with van der Waals surface area (Å²) in [6.07, 6.45) is 0.380. The average Bonchev–Trinajstić information content (AvgIpc) is 2.68. The largest absolute Gasteiger partial charge is 0.479 e. The van der Waals surface area contributed by atoms with Crippen LogP contribution in [0.5, 0.6) is 0 Å². The van der Waals surface area contributed by atoms with Crippen LogP contribution < -0.4 is 4.72 Å². The van der Waals surface area contributed by atoms with E-state index in [4.69, 9.17) is 9.84 Å². The van der Waals surface area contributed by atoms with Crippen LogP contribution in [-0.4, -0.2) is 55.2 Å². The van der Waals surface area contributed by atoms with Gasteiger partial charge in [-0.2, -0.15) is 0 Å². The molecule has 2 atom stereocenters. The lowest BCUT2D eigenvalue weighted by atomic mass is 10.1. The zero-order chi connectivity index (χ0) is 12.4. The number of sulfonamides is 1. The number of hydrogen-bond acceptors (Lipinski definition) is 5. The number of ether oxygens (including phenoxy) is 1. The summed E-state index contributed by atoms with van der Waals surface area (Å²) >= 11 is 0. The number of aliphatic carboxylic acids is 1. The monoisotopic (exact) mass is 253 g/mol. The van der Waals surface area contributed by atoms with Crippen molar-refractivity contribution in [1.29, 1.82) is 0 Å². The van der Waals surface area contributed by atoms with Crippen LogP contribution in [0, 0.1) is 0 Å². The predicted octanol–water partition coefficient (Wildman–Crippen LogP) is -1.47. The molecule has 1 rings (SSSR count). The SMILES string of the molecule is CC(O)(CNS(=O)(=O)C1CCOC1)C(=O)O. The van der Waals surface area contributed by atoms with Gasteiger partial charge in [-0.25, -0.2) is 17.9 Å². The maximum atomic E-state index is 11.6. The summed E-state index contributed by atoms with van der Waals surface area (Å²) < 4.78 is 30.2. The van der Waals surface area contributed by atoms with E-state index in [9.17, 15) is 18.3 Å². The number of nitrogens with one attached hydrogen (secondary N) is 1. The molecule has 1 heterocycles. The lowest BCUT2D eigenvalue weighted by molar-refractivity contribution is -0.155. The molecule has 1 aliphatic rings. The molecule has 1 fully saturated rings. The lowest BCUT2D eigenvalue weighted by Crippen LogP contribution is -2.48. The van der Waals surface area contributed by atoms with Gasteiger partial charge in [-0.15, -0.1) is 0 Å². The minimum absolute atomic E-state index is 0.102. The molecule has 0 amide bonds. The minimum Gasteiger partial charge on any atom is -0.479 e. The zero-order valence-corrected chi connectivity index (χ0v) is 9.66. The maximum absolute atomic E-state index is 11.6. The number of aliphatic hydroxyl groups is 1. The maximum Gasteiger partial charge on any atom is 0.336 e. The normalized spacial score (nSPS) is 25.2. The van der Waals surface area contributed by atoms with Gasteiger partial charge in [0.15, 0.2) is 5.60 Å². The van der Waals surface area contributed by atoms with Gasteiger partial charge in [-0.3, -0.25) is 0 Å². The standard InChI is InChI=1S/C8H15NO6S/c1-8(12,7(10)11)5-9-16(13,14)6-2-3-15-4-6/h6,9,12H,2-5H2,1H3,(H,10,11). The van der Waals surface area contributed by atoms with E-state index in [-0.39, 0.29) is 6.61 Å². The summed E-state index contributed by atoms with van der Waals surface area (Å²) in [6, 6.07) is 0. The van der Waals surface area contributed by atoms with E-state index in [1.165, 1.54) is 0 Å². The molecule has 7 nitrogen and oxygen atoms in total. The van der Waals surface area contributed by atoms with Crippen LogP contribution in [0.3, 0.4) is 0 Å². The molecule has 16 heavy (non-hydrogen) atoms. The Morgan fingerprint density at radius 3 is 2.69 bits per heavy atom. The predicted molar refractivity (Wildman–Crippen MR) is 54.4 cm³/mol. The second-order valence-electron chi connectivity index (χ2n) is 3.93. The van der Waals surface area contributed by atoms with Crippen molar-refractivity contribution < 1.29 is 28.2 Å². The van der Waals surface area contributed by atoms with Crippen molar-refractivity contribution in [3.05, 3.63) is 0 Å². The highest BCUT2D eigenvalue weighted by molar-refractivity contribution is 7.90. The highest BCUT2D eigenvalue weighted by Gasteiger charge is 2.35. The molecule has 1 saturated heterocycles. The molecular weight excluding hydrogens is 238 g/mol. The van der Waals surface area contributed by atoms with Crippen LogP contribution in [0.2, 0.25) is 0 Å². The molecule has 0 aromatic heterocycles. The third-order valence-corrected chi connectivity index (χ3v) is 4.20. The van der Waals surface area contributed by atoms with E-state index < -0.39 is 33.4 Å². The second kappa shape index (κ2) is 4.66. The third-order valence-electron chi connectivity index (χ3n) is 2.41. The van der Waals surface area contributed by atoms with Gasteiger partial charge in [-0.1, -0.05) is 0 Å². The van der Waals surface area contributed by atoms with Gasteiger partial charge in [-0.05, 0) is 13.3 Å². The average molecular weight is 253 g/mol. The summed E-state index contributed by atoms with van der Waals surface area (Å²) in [6.45, 7) is 0.954. The Bertz CT molecular complexity index is 357. The van der Waals surface area contributed by atoms with E-state index in [1.807, 2.05) is 0 Å². The van der Waals surface area contributed by atoms with Crippen LogP contribution in [0.25, 0.3) is 0 Å². The highest BCUT2D eigenvalue weighted by Crippen LogP contribution is 2.13. The Balaban J connectivity index is 2.57. The van der Waals surface area contributed by atoms with E-state index in [1.54, 1.807) is 0 Å². The molecule has 0 bridgehead atoms. The first-order valence-electron chi connectivity index (χ1n) is 4.78. The third kappa shape index (κ3) is 3.14. The first-order valence-corrected chi connectivity index (χ1v) is 6.32. The lowest BCUT2D eigenvalue weighted by Gasteiger charge is -2.19. The molecule has 2 unspecified atom stereocenters. The number of hydrogen-bond donors (Lipinski definition) is 3. The second-order valence-corrected chi connectivity index (χ2v) is 5.98. The number of carbonyl (C=O) groups is 1. The van der Waals surface area contributed by atoms with Gasteiger partial charge in [0, 0.05) is 13.2 Å². The Hall–Kier alpha value is -0.700. The molecule has 0 aromatic carbocycles. The van der Waals surface area contributed by atoms with Gasteiger partial charge in [0.1, 0.15) is 5.25 Å². The zero-order valence-electron chi connectivity index (χ0n) is 8.84. The van der Waals surface area contributed by atoms with E-state index in [0.717, 1.165) is 6.92 Å². The molecular formula is C8H15NO6S. The summed E-state index contributed by atoms with van der Waals surface area (Å²) in [7, 11) is -3.63. The fourth-order valence-corrected chi connectivity index (χ4v) is 2.59. The Morgan fingerprint density at radius 2 is 2.25 bits per heavy atom. The first kappa shape index (κ1) is 13.4. The summed E-state index contributed by atoms with van der Waals surface area (Å²) in [5.74, 6) is -1.47. The van der Waals surface area contributed by atoms with Crippen molar-refractivity contribution in [1.82, 2.24) is 4.72 Å². The Labute approximate surface area is 93.5 Å². The first-order chi connectivity index (χ1) is 7.26. The van der Waals surface area contributed by atoms with Crippen LogP contribution in [-0.2, 0) is 19.6 Å². The number of rotatable bonds is 5. The van der Waals surface area contributed by atoms with Crippen molar-refractivity contribution in [3.8, 4) is 0 Å². The molecule has 1 aliphatic heterocycles. The molecule has 0 spiro atoms. The molecule has 0 aliphatic carbocycles. The fraction of sp³-hybridized carbons (Fsp3) is 0.875. The summed E-state index contributed by atoms with van der Waals surface area (Å²) in [5.41, 5.74) is -2.10.